The Balaban J connectivity index is 1.88. The quantitative estimate of drug-likeness (QED) is 0.445. The summed E-state index contributed by atoms with van der Waals surface area (Å²) in [6, 6.07) is 14.3. The van der Waals surface area contributed by atoms with Gasteiger partial charge in [0.1, 0.15) is 18.1 Å². The van der Waals surface area contributed by atoms with Gasteiger partial charge in [-0.25, -0.2) is 0 Å². The van der Waals surface area contributed by atoms with Crippen LogP contribution >= 0.6 is 12.2 Å². The van der Waals surface area contributed by atoms with Crippen LogP contribution in [-0.4, -0.2) is 37.4 Å². The first-order valence-corrected chi connectivity index (χ1v) is 10.0. The molecule has 0 radical (unpaired) electrons. The number of carbonyl (C=O) groups excluding carboxylic acids is 1. The molecule has 6 nitrogen and oxygen atoms in total. The summed E-state index contributed by atoms with van der Waals surface area (Å²) in [4.78, 5) is 12.4. The van der Waals surface area contributed by atoms with Crippen LogP contribution in [0.5, 0.6) is 11.5 Å². The molecule has 2 aromatic carbocycles. The summed E-state index contributed by atoms with van der Waals surface area (Å²) in [5.41, 5.74) is 1.19. The first kappa shape index (κ1) is 22.6. The van der Waals surface area contributed by atoms with E-state index in [0.717, 1.165) is 0 Å². The van der Waals surface area contributed by atoms with E-state index in [2.05, 4.69) is 24.5 Å². The van der Waals surface area contributed by atoms with Gasteiger partial charge in [-0.2, -0.15) is 0 Å². The van der Waals surface area contributed by atoms with Crippen LogP contribution in [0.4, 0.5) is 5.69 Å². The van der Waals surface area contributed by atoms with Crippen molar-refractivity contribution in [2.45, 2.75) is 20.8 Å². The number of hydrogen-bond donors (Lipinski definition) is 2. The van der Waals surface area contributed by atoms with E-state index in [-0.39, 0.29) is 11.0 Å². The van der Waals surface area contributed by atoms with Gasteiger partial charge in [-0.15, -0.1) is 0 Å². The molecular formula is C22H28N2O4S. The molecule has 0 heterocycles. The molecule has 0 saturated heterocycles. The Hall–Kier alpha value is -2.64. The molecular weight excluding hydrogens is 388 g/mol. The SMILES string of the molecule is CCOCCOc1ccc(C(=O)NC(=S)Nc2ccccc2OCC(C)C)cc1. The average molecular weight is 417 g/mol. The highest BCUT2D eigenvalue weighted by molar-refractivity contribution is 7.80. The molecule has 0 spiro atoms. The number of anilines is 1. The van der Waals surface area contributed by atoms with Crippen LogP contribution in [-0.2, 0) is 4.74 Å². The monoisotopic (exact) mass is 416 g/mol. The van der Waals surface area contributed by atoms with Crippen molar-refractivity contribution in [3.63, 3.8) is 0 Å². The van der Waals surface area contributed by atoms with Crippen molar-refractivity contribution in [1.29, 1.82) is 0 Å². The third-order valence-corrected chi connectivity index (χ3v) is 3.96. The van der Waals surface area contributed by atoms with Crippen LogP contribution in [0, 0.1) is 5.92 Å². The zero-order valence-corrected chi connectivity index (χ0v) is 17.9. The number of thiocarbonyl (C=S) groups is 1. The van der Waals surface area contributed by atoms with Gasteiger partial charge in [0.25, 0.3) is 5.91 Å². The highest BCUT2D eigenvalue weighted by Gasteiger charge is 2.10. The molecule has 7 heteroatoms. The van der Waals surface area contributed by atoms with E-state index in [4.69, 9.17) is 26.4 Å². The highest BCUT2D eigenvalue weighted by atomic mass is 32.1. The maximum Gasteiger partial charge on any atom is 0.257 e. The second kappa shape index (κ2) is 12.0. The van der Waals surface area contributed by atoms with Gasteiger partial charge in [0.05, 0.1) is 18.9 Å². The largest absolute Gasteiger partial charge is 0.491 e. The first-order valence-electron chi connectivity index (χ1n) is 9.64. The molecule has 2 N–H and O–H groups in total. The predicted molar refractivity (Wildman–Crippen MR) is 119 cm³/mol. The lowest BCUT2D eigenvalue weighted by Crippen LogP contribution is -2.34. The topological polar surface area (TPSA) is 68.8 Å². The Bertz CT molecular complexity index is 794. The maximum absolute atomic E-state index is 12.4. The fourth-order valence-electron chi connectivity index (χ4n) is 2.35. The standard InChI is InChI=1S/C22H28N2O4S/c1-4-26-13-14-27-18-11-9-17(10-12-18)21(25)24-22(29)23-19-7-5-6-8-20(19)28-15-16(2)3/h5-12,16H,4,13-15H2,1-3H3,(H2,23,24,25,29). The summed E-state index contributed by atoms with van der Waals surface area (Å²) in [5, 5.41) is 5.90. The third-order valence-electron chi connectivity index (χ3n) is 3.75. The molecule has 2 aromatic rings. The summed E-state index contributed by atoms with van der Waals surface area (Å²) in [7, 11) is 0. The van der Waals surface area contributed by atoms with Crippen molar-refractivity contribution < 1.29 is 19.0 Å². The van der Waals surface area contributed by atoms with E-state index in [0.29, 0.717) is 55.1 Å². The summed E-state index contributed by atoms with van der Waals surface area (Å²) >= 11 is 5.28. The van der Waals surface area contributed by atoms with Gasteiger partial charge < -0.3 is 19.5 Å². The lowest BCUT2D eigenvalue weighted by Gasteiger charge is -2.15. The smallest absolute Gasteiger partial charge is 0.257 e. The van der Waals surface area contributed by atoms with Crippen molar-refractivity contribution in [3.05, 3.63) is 54.1 Å². The molecule has 0 fully saturated rings. The Kier molecular flexibility index (Phi) is 9.40. The number of hydrogen-bond acceptors (Lipinski definition) is 5. The molecule has 156 valence electrons. The van der Waals surface area contributed by atoms with Gasteiger partial charge in [0.15, 0.2) is 5.11 Å². The zero-order valence-electron chi connectivity index (χ0n) is 17.1. The number of nitrogens with one attached hydrogen (secondary N) is 2. The Labute approximate surface area is 177 Å². The number of carbonyl (C=O) groups is 1. The van der Waals surface area contributed by atoms with Crippen LogP contribution in [0.25, 0.3) is 0 Å². The molecule has 0 bridgehead atoms. The molecule has 0 atom stereocenters. The minimum absolute atomic E-state index is 0.202. The Morgan fingerprint density at radius 1 is 1.03 bits per heavy atom. The van der Waals surface area contributed by atoms with Crippen LogP contribution < -0.4 is 20.1 Å². The zero-order chi connectivity index (χ0) is 21.1. The van der Waals surface area contributed by atoms with Gasteiger partial charge in [-0.05, 0) is 61.5 Å². The van der Waals surface area contributed by atoms with Crippen molar-refractivity contribution >= 4 is 28.9 Å². The number of para-hydroxylation sites is 2. The molecule has 0 aliphatic carbocycles. The average Bonchev–Trinajstić information content (AvgIpc) is 2.71. The highest BCUT2D eigenvalue weighted by Crippen LogP contribution is 2.24. The fourth-order valence-corrected chi connectivity index (χ4v) is 2.55. The van der Waals surface area contributed by atoms with Crippen molar-refractivity contribution in [1.82, 2.24) is 5.32 Å². The minimum atomic E-state index is -0.302. The molecule has 0 aromatic heterocycles. The van der Waals surface area contributed by atoms with Gasteiger partial charge in [0.2, 0.25) is 0 Å². The van der Waals surface area contributed by atoms with E-state index < -0.39 is 0 Å². The van der Waals surface area contributed by atoms with Crippen LogP contribution in [0.1, 0.15) is 31.1 Å². The number of rotatable bonds is 10. The second-order valence-electron chi connectivity index (χ2n) is 6.68. The second-order valence-corrected chi connectivity index (χ2v) is 7.09. The van der Waals surface area contributed by atoms with E-state index in [9.17, 15) is 4.79 Å². The normalized spacial score (nSPS) is 10.5. The van der Waals surface area contributed by atoms with Gasteiger partial charge >= 0.3 is 0 Å². The number of benzene rings is 2. The molecule has 1 amide bonds. The fraction of sp³-hybridized carbons (Fsp3) is 0.364. The molecule has 0 aliphatic heterocycles. The minimum Gasteiger partial charge on any atom is -0.491 e. The van der Waals surface area contributed by atoms with Gasteiger partial charge in [-0.1, -0.05) is 26.0 Å². The maximum atomic E-state index is 12.4. The lowest BCUT2D eigenvalue weighted by molar-refractivity contribution is 0.0977. The number of ether oxygens (including phenoxy) is 3. The van der Waals surface area contributed by atoms with Crippen molar-refractivity contribution in [2.24, 2.45) is 5.92 Å². The van der Waals surface area contributed by atoms with Crippen LogP contribution in [0.15, 0.2) is 48.5 Å². The van der Waals surface area contributed by atoms with Crippen LogP contribution in [0.2, 0.25) is 0 Å². The molecule has 2 rings (SSSR count). The summed E-state index contributed by atoms with van der Waals surface area (Å²) in [6.45, 7) is 8.34. The molecule has 0 aliphatic rings. The summed E-state index contributed by atoms with van der Waals surface area (Å²) < 4.78 is 16.6. The molecule has 0 saturated carbocycles. The number of amides is 1. The predicted octanol–water partition coefficient (Wildman–Crippen LogP) is 4.26. The molecule has 29 heavy (non-hydrogen) atoms. The Morgan fingerprint density at radius 2 is 1.76 bits per heavy atom. The molecule has 0 unspecified atom stereocenters. The van der Waals surface area contributed by atoms with Crippen molar-refractivity contribution in [2.75, 3.05) is 31.7 Å². The Morgan fingerprint density at radius 3 is 2.45 bits per heavy atom. The van der Waals surface area contributed by atoms with E-state index in [1.807, 2.05) is 31.2 Å². The van der Waals surface area contributed by atoms with Gasteiger partial charge in [0, 0.05) is 12.2 Å². The first-order chi connectivity index (χ1) is 14.0. The van der Waals surface area contributed by atoms with Crippen molar-refractivity contribution in [3.8, 4) is 11.5 Å². The summed E-state index contributed by atoms with van der Waals surface area (Å²) in [6.07, 6.45) is 0. The van der Waals surface area contributed by atoms with E-state index in [1.54, 1.807) is 24.3 Å². The van der Waals surface area contributed by atoms with E-state index >= 15 is 0 Å². The third kappa shape index (κ3) is 8.09. The van der Waals surface area contributed by atoms with Crippen LogP contribution in [0.3, 0.4) is 0 Å². The summed E-state index contributed by atoms with van der Waals surface area (Å²) in [5.74, 6) is 1.47. The van der Waals surface area contributed by atoms with E-state index in [1.165, 1.54) is 0 Å². The van der Waals surface area contributed by atoms with Gasteiger partial charge in [-0.3, -0.25) is 10.1 Å². The lowest BCUT2D eigenvalue weighted by atomic mass is 10.2.